The molecule has 0 amide bonds. The zero-order valence-electron chi connectivity index (χ0n) is 13.1. The number of hydrogen-bond acceptors (Lipinski definition) is 6. The second-order valence-corrected chi connectivity index (χ2v) is 5.42. The Hall–Kier alpha value is -2.46. The third-order valence-corrected chi connectivity index (χ3v) is 3.72. The number of β-amino-alcohol motifs (C(OH)–C–C–N with tert-alkyl or cyclic N) is 1. The normalized spacial score (nSPS) is 20.3. The van der Waals surface area contributed by atoms with Crippen LogP contribution in [0, 0.1) is 0 Å². The Kier molecular flexibility index (Phi) is 4.66. The smallest absolute Gasteiger partial charge is 0.332 e. The molecule has 23 heavy (non-hydrogen) atoms. The van der Waals surface area contributed by atoms with Crippen LogP contribution in [0.15, 0.2) is 15.9 Å². The van der Waals surface area contributed by atoms with Crippen LogP contribution in [0.5, 0.6) is 0 Å². The fourth-order valence-electron chi connectivity index (χ4n) is 2.38. The molecule has 0 radical (unpaired) electrons. The van der Waals surface area contributed by atoms with Gasteiger partial charge in [-0.1, -0.05) is 0 Å². The molecular weight excluding hydrogens is 306 g/mol. The van der Waals surface area contributed by atoms with Crippen molar-refractivity contribution in [1.82, 2.24) is 24.0 Å². The molecule has 0 aliphatic carbocycles. The molecule has 3 heterocycles. The zero-order valence-corrected chi connectivity index (χ0v) is 13.1. The molecule has 3 N–H and O–H groups in total. The summed E-state index contributed by atoms with van der Waals surface area (Å²) in [5.41, 5.74) is 0.180. The molecular formula is C13H19N5O5. The van der Waals surface area contributed by atoms with Crippen LogP contribution in [0.1, 0.15) is 6.42 Å². The molecule has 0 bridgehead atoms. The van der Waals surface area contributed by atoms with Gasteiger partial charge in [0.2, 0.25) is 0 Å². The van der Waals surface area contributed by atoms with Crippen molar-refractivity contribution in [3.05, 3.63) is 27.2 Å². The lowest BCUT2D eigenvalue weighted by Gasteiger charge is -2.02. The fraction of sp³-hybridized carbons (Fsp3) is 0.538. The number of rotatable bonds is 1. The molecule has 10 nitrogen and oxygen atoms in total. The van der Waals surface area contributed by atoms with Crippen molar-refractivity contribution in [2.45, 2.75) is 18.6 Å². The molecule has 0 saturated carbocycles. The number of carbonyl (C=O) groups is 1. The maximum Gasteiger partial charge on any atom is 0.332 e. The van der Waals surface area contributed by atoms with Crippen LogP contribution in [0.25, 0.3) is 11.2 Å². The van der Waals surface area contributed by atoms with Gasteiger partial charge in [0.05, 0.1) is 12.4 Å². The van der Waals surface area contributed by atoms with E-state index in [2.05, 4.69) is 10.3 Å². The summed E-state index contributed by atoms with van der Waals surface area (Å²) in [6, 6.07) is -0.542. The van der Waals surface area contributed by atoms with Crippen molar-refractivity contribution in [2.75, 3.05) is 6.54 Å². The van der Waals surface area contributed by atoms with E-state index in [-0.39, 0.29) is 11.2 Å². The van der Waals surface area contributed by atoms with E-state index in [0.29, 0.717) is 24.1 Å². The second kappa shape index (κ2) is 6.34. The molecule has 1 saturated heterocycles. The lowest BCUT2D eigenvalue weighted by atomic mass is 10.2. The summed E-state index contributed by atoms with van der Waals surface area (Å²) < 4.78 is 4.04. The second-order valence-electron chi connectivity index (χ2n) is 5.42. The number of aliphatic carboxylic acids is 1. The van der Waals surface area contributed by atoms with Gasteiger partial charge < -0.3 is 20.1 Å². The first kappa shape index (κ1) is 16.9. The molecule has 1 aliphatic heterocycles. The van der Waals surface area contributed by atoms with Crippen LogP contribution in [-0.4, -0.2) is 53.6 Å². The topological polar surface area (TPSA) is 131 Å². The highest BCUT2D eigenvalue weighted by Crippen LogP contribution is 2.05. The fourth-order valence-corrected chi connectivity index (χ4v) is 2.38. The van der Waals surface area contributed by atoms with Crippen LogP contribution in [0.4, 0.5) is 0 Å². The maximum atomic E-state index is 11.7. The number of aliphatic hydroxyl groups is 1. The minimum absolute atomic E-state index is 0.317. The largest absolute Gasteiger partial charge is 0.480 e. The Labute approximate surface area is 130 Å². The van der Waals surface area contributed by atoms with E-state index >= 15 is 0 Å². The maximum absolute atomic E-state index is 11.7. The van der Waals surface area contributed by atoms with Gasteiger partial charge in [-0.2, -0.15) is 0 Å². The average Bonchev–Trinajstić information content (AvgIpc) is 3.10. The summed E-state index contributed by atoms with van der Waals surface area (Å²) in [5.74, 6) is -0.883. The quantitative estimate of drug-likeness (QED) is 0.540. The summed E-state index contributed by atoms with van der Waals surface area (Å²) in [6.45, 7) is 0.400. The van der Waals surface area contributed by atoms with Gasteiger partial charge in [0.1, 0.15) is 6.04 Å². The monoisotopic (exact) mass is 325 g/mol. The number of carboxylic acid groups (broad SMARTS) is 1. The molecule has 0 spiro atoms. The summed E-state index contributed by atoms with van der Waals surface area (Å²) >= 11 is 0. The molecule has 2 aromatic rings. The standard InChI is InChI=1S/C8H10N4O2.C5H9NO3/c1-10-4-9-6-5(10)7(13)12(3)8(14)11(6)2;7-3-1-4(5(8)9)6-2-3/h4H,1-3H3;3-4,6-7H,1-2H2,(H,8,9)/t;3-,4+/m.1/s1. The van der Waals surface area contributed by atoms with Gasteiger partial charge in [-0.05, 0) is 0 Å². The predicted octanol–water partition coefficient (Wildman–Crippen LogP) is -2.24. The van der Waals surface area contributed by atoms with E-state index in [1.54, 1.807) is 18.7 Å². The first-order valence-electron chi connectivity index (χ1n) is 6.95. The van der Waals surface area contributed by atoms with E-state index in [0.717, 1.165) is 4.57 Å². The van der Waals surface area contributed by atoms with Crippen molar-refractivity contribution >= 4 is 17.1 Å². The lowest BCUT2D eigenvalue weighted by Crippen LogP contribution is -2.37. The van der Waals surface area contributed by atoms with Gasteiger partial charge in [0.25, 0.3) is 5.56 Å². The van der Waals surface area contributed by atoms with E-state index in [1.165, 1.54) is 17.9 Å². The minimum Gasteiger partial charge on any atom is -0.480 e. The Morgan fingerprint density at radius 2 is 1.96 bits per heavy atom. The molecule has 1 aliphatic rings. The van der Waals surface area contributed by atoms with Crippen molar-refractivity contribution in [3.63, 3.8) is 0 Å². The van der Waals surface area contributed by atoms with Crippen molar-refractivity contribution in [1.29, 1.82) is 0 Å². The Balaban J connectivity index is 0.000000185. The average molecular weight is 325 g/mol. The summed E-state index contributed by atoms with van der Waals surface area (Å²) in [7, 11) is 4.77. The molecule has 0 unspecified atom stereocenters. The number of aliphatic hydroxyl groups excluding tert-OH is 1. The van der Waals surface area contributed by atoms with Gasteiger partial charge in [0.15, 0.2) is 11.2 Å². The van der Waals surface area contributed by atoms with Crippen LogP contribution in [-0.2, 0) is 25.9 Å². The molecule has 1 fully saturated rings. The predicted molar refractivity (Wildman–Crippen MR) is 81.2 cm³/mol. The van der Waals surface area contributed by atoms with Crippen LogP contribution >= 0.6 is 0 Å². The number of fused-ring (bicyclic) bond motifs is 1. The molecule has 126 valence electrons. The first-order chi connectivity index (χ1) is 10.7. The van der Waals surface area contributed by atoms with Crippen molar-refractivity contribution < 1.29 is 15.0 Å². The van der Waals surface area contributed by atoms with Crippen LogP contribution < -0.4 is 16.6 Å². The van der Waals surface area contributed by atoms with E-state index in [4.69, 9.17) is 10.2 Å². The summed E-state index contributed by atoms with van der Waals surface area (Å²) in [5, 5.41) is 19.8. The number of nitrogens with one attached hydrogen (secondary N) is 1. The highest BCUT2D eigenvalue weighted by Gasteiger charge is 2.27. The first-order valence-corrected chi connectivity index (χ1v) is 6.95. The molecule has 10 heteroatoms. The van der Waals surface area contributed by atoms with Gasteiger partial charge in [0, 0.05) is 34.1 Å². The highest BCUT2D eigenvalue weighted by atomic mass is 16.4. The number of aryl methyl sites for hydroxylation is 2. The van der Waals surface area contributed by atoms with Gasteiger partial charge in [-0.3, -0.25) is 18.7 Å². The highest BCUT2D eigenvalue weighted by molar-refractivity contribution is 5.73. The summed E-state index contributed by atoms with van der Waals surface area (Å²) in [4.78, 5) is 37.3. The Bertz CT molecular complexity index is 849. The minimum atomic E-state index is -0.883. The van der Waals surface area contributed by atoms with Crippen molar-refractivity contribution in [2.24, 2.45) is 21.1 Å². The third kappa shape index (κ3) is 3.17. The molecule has 2 aromatic heterocycles. The lowest BCUT2D eigenvalue weighted by molar-refractivity contribution is -0.139. The van der Waals surface area contributed by atoms with Crippen LogP contribution in [0.2, 0.25) is 0 Å². The number of carboxylic acids is 1. The van der Waals surface area contributed by atoms with Crippen LogP contribution in [0.3, 0.4) is 0 Å². The Morgan fingerprint density at radius 3 is 2.43 bits per heavy atom. The number of nitrogens with zero attached hydrogens (tertiary/aromatic N) is 4. The van der Waals surface area contributed by atoms with E-state index in [1.807, 2.05) is 0 Å². The zero-order chi connectivity index (χ0) is 17.3. The number of imidazole rings is 1. The number of hydrogen-bond donors (Lipinski definition) is 3. The van der Waals surface area contributed by atoms with Gasteiger partial charge >= 0.3 is 11.7 Å². The molecule has 3 rings (SSSR count). The Morgan fingerprint density at radius 1 is 1.30 bits per heavy atom. The SMILES string of the molecule is Cn1c(=O)c2c(ncn2C)n(C)c1=O.O=C(O)[C@@H]1C[C@@H](O)CN1. The third-order valence-electron chi connectivity index (χ3n) is 3.72. The molecule has 2 atom stereocenters. The summed E-state index contributed by atoms with van der Waals surface area (Å²) in [6.07, 6.45) is 1.37. The number of aromatic nitrogens is 4. The van der Waals surface area contributed by atoms with Gasteiger partial charge in [-0.15, -0.1) is 0 Å². The van der Waals surface area contributed by atoms with E-state index in [9.17, 15) is 14.4 Å². The van der Waals surface area contributed by atoms with Crippen molar-refractivity contribution in [3.8, 4) is 0 Å². The molecule has 0 aromatic carbocycles. The van der Waals surface area contributed by atoms with E-state index < -0.39 is 18.1 Å². The van der Waals surface area contributed by atoms with Gasteiger partial charge in [-0.25, -0.2) is 9.78 Å².